The minimum Gasteiger partial charge on any atom is -0.354 e. The standard InChI is InChI=1S/C40H77N3O2/c1-3-5-7-9-11-13-15-17-19-21-23-25-27-29-31-33-39(44)42-36-38-43(37-35-41)40(45)34-32-30-28-26-24-22-20-18-16-14-12-10-8-6-4-2/h17-20H,3-16,21-38,41H2,1-2H3,(H,42,44)/b19-17+,20-18-. The maximum Gasteiger partial charge on any atom is 0.222 e. The molecule has 0 saturated heterocycles. The van der Waals surface area contributed by atoms with Crippen molar-refractivity contribution < 1.29 is 9.59 Å². The van der Waals surface area contributed by atoms with Crippen molar-refractivity contribution in [3.63, 3.8) is 0 Å². The fourth-order valence-electron chi connectivity index (χ4n) is 5.80. The molecule has 0 spiro atoms. The van der Waals surface area contributed by atoms with Gasteiger partial charge in [-0.2, -0.15) is 0 Å². The molecule has 0 aliphatic rings. The summed E-state index contributed by atoms with van der Waals surface area (Å²) in [6.45, 7) is 6.63. The van der Waals surface area contributed by atoms with Gasteiger partial charge in [0.05, 0.1) is 0 Å². The van der Waals surface area contributed by atoms with E-state index in [2.05, 4.69) is 43.5 Å². The van der Waals surface area contributed by atoms with E-state index in [9.17, 15) is 9.59 Å². The molecule has 5 heteroatoms. The maximum absolute atomic E-state index is 12.7. The Morgan fingerprint density at radius 3 is 1.31 bits per heavy atom. The number of hydrogen-bond acceptors (Lipinski definition) is 3. The number of carbonyl (C=O) groups excluding carboxylic acids is 2. The number of allylic oxidation sites excluding steroid dienone is 4. The molecule has 0 aliphatic carbocycles. The summed E-state index contributed by atoms with van der Waals surface area (Å²) in [5.41, 5.74) is 5.76. The number of nitrogens with one attached hydrogen (secondary N) is 1. The summed E-state index contributed by atoms with van der Waals surface area (Å²) in [5, 5.41) is 3.01. The van der Waals surface area contributed by atoms with E-state index in [0.29, 0.717) is 39.0 Å². The van der Waals surface area contributed by atoms with Crippen LogP contribution in [0, 0.1) is 0 Å². The van der Waals surface area contributed by atoms with Crippen molar-refractivity contribution >= 4 is 11.8 Å². The summed E-state index contributed by atoms with van der Waals surface area (Å²) < 4.78 is 0. The van der Waals surface area contributed by atoms with E-state index in [1.54, 1.807) is 0 Å². The smallest absolute Gasteiger partial charge is 0.222 e. The Hall–Kier alpha value is -1.62. The van der Waals surface area contributed by atoms with Gasteiger partial charge in [-0.3, -0.25) is 9.59 Å². The van der Waals surface area contributed by atoms with Crippen LogP contribution in [0.3, 0.4) is 0 Å². The Morgan fingerprint density at radius 1 is 0.511 bits per heavy atom. The van der Waals surface area contributed by atoms with Crippen molar-refractivity contribution in [2.75, 3.05) is 26.2 Å². The van der Waals surface area contributed by atoms with Gasteiger partial charge in [0.2, 0.25) is 11.8 Å². The zero-order valence-corrected chi connectivity index (χ0v) is 30.3. The summed E-state index contributed by atoms with van der Waals surface area (Å²) in [7, 11) is 0. The molecule has 3 N–H and O–H groups in total. The van der Waals surface area contributed by atoms with Crippen LogP contribution in [0.25, 0.3) is 0 Å². The molecule has 45 heavy (non-hydrogen) atoms. The summed E-state index contributed by atoms with van der Waals surface area (Å²) in [6.07, 6.45) is 43.3. The van der Waals surface area contributed by atoms with Gasteiger partial charge in [0.15, 0.2) is 0 Å². The van der Waals surface area contributed by atoms with Crippen LogP contribution in [-0.2, 0) is 9.59 Å². The van der Waals surface area contributed by atoms with Gasteiger partial charge >= 0.3 is 0 Å². The van der Waals surface area contributed by atoms with E-state index in [1.165, 1.54) is 141 Å². The number of amides is 2. The molecule has 0 heterocycles. The van der Waals surface area contributed by atoms with Gasteiger partial charge in [0.25, 0.3) is 0 Å². The molecule has 0 fully saturated rings. The number of nitrogens with zero attached hydrogens (tertiary/aromatic N) is 1. The first-order valence-corrected chi connectivity index (χ1v) is 19.7. The molecule has 0 saturated carbocycles. The highest BCUT2D eigenvalue weighted by atomic mass is 16.2. The van der Waals surface area contributed by atoms with Gasteiger partial charge in [-0.15, -0.1) is 0 Å². The Morgan fingerprint density at radius 2 is 0.889 bits per heavy atom. The highest BCUT2D eigenvalue weighted by Crippen LogP contribution is 2.12. The molecular weight excluding hydrogens is 554 g/mol. The van der Waals surface area contributed by atoms with E-state index in [4.69, 9.17) is 5.73 Å². The minimum absolute atomic E-state index is 0.102. The highest BCUT2D eigenvalue weighted by Gasteiger charge is 2.12. The van der Waals surface area contributed by atoms with Gasteiger partial charge in [-0.25, -0.2) is 0 Å². The topological polar surface area (TPSA) is 75.4 Å². The maximum atomic E-state index is 12.7. The highest BCUT2D eigenvalue weighted by molar-refractivity contribution is 5.77. The Kier molecular flexibility index (Phi) is 35.5. The Bertz CT molecular complexity index is 691. The lowest BCUT2D eigenvalue weighted by atomic mass is 10.1. The Balaban J connectivity index is 3.68. The Labute approximate surface area is 281 Å². The van der Waals surface area contributed by atoms with Crippen LogP contribution in [0.2, 0.25) is 0 Å². The van der Waals surface area contributed by atoms with Gasteiger partial charge in [-0.1, -0.05) is 141 Å². The van der Waals surface area contributed by atoms with Crippen molar-refractivity contribution in [2.45, 2.75) is 194 Å². The van der Waals surface area contributed by atoms with E-state index in [0.717, 1.165) is 25.7 Å². The number of carbonyl (C=O) groups is 2. The molecule has 0 rings (SSSR count). The van der Waals surface area contributed by atoms with Crippen molar-refractivity contribution in [3.05, 3.63) is 24.3 Å². The molecule has 0 radical (unpaired) electrons. The zero-order valence-electron chi connectivity index (χ0n) is 30.3. The third-order valence-electron chi connectivity index (χ3n) is 8.77. The average Bonchev–Trinajstić information content (AvgIpc) is 3.04. The molecule has 0 aliphatic heterocycles. The van der Waals surface area contributed by atoms with E-state index in [1.807, 2.05) is 4.90 Å². The lowest BCUT2D eigenvalue weighted by Crippen LogP contribution is -2.41. The normalized spacial score (nSPS) is 11.6. The second kappa shape index (κ2) is 36.8. The summed E-state index contributed by atoms with van der Waals surface area (Å²) in [6, 6.07) is 0. The van der Waals surface area contributed by atoms with Gasteiger partial charge in [0.1, 0.15) is 0 Å². The first kappa shape index (κ1) is 43.4. The van der Waals surface area contributed by atoms with Gasteiger partial charge in [0, 0.05) is 39.0 Å². The third kappa shape index (κ3) is 33.6. The SMILES string of the molecule is CCCCCCCC/C=C\CCCCCCCC(=O)N(CCN)CCNC(=O)CCCCCCC/C=C/CCCCCCCC. The molecule has 0 atom stereocenters. The van der Waals surface area contributed by atoms with E-state index in [-0.39, 0.29) is 11.8 Å². The zero-order chi connectivity index (χ0) is 32.9. The predicted octanol–water partition coefficient (Wildman–Crippen LogP) is 11.0. The fraction of sp³-hybridized carbons (Fsp3) is 0.850. The van der Waals surface area contributed by atoms with Crippen molar-refractivity contribution in [1.29, 1.82) is 0 Å². The molecule has 5 nitrogen and oxygen atoms in total. The van der Waals surface area contributed by atoms with Gasteiger partial charge < -0.3 is 16.0 Å². The lowest BCUT2D eigenvalue weighted by Gasteiger charge is -2.22. The van der Waals surface area contributed by atoms with E-state index < -0.39 is 0 Å². The number of unbranched alkanes of at least 4 members (excludes halogenated alkanes) is 22. The van der Waals surface area contributed by atoms with Crippen LogP contribution in [0.5, 0.6) is 0 Å². The van der Waals surface area contributed by atoms with Crippen molar-refractivity contribution in [1.82, 2.24) is 10.2 Å². The van der Waals surface area contributed by atoms with Crippen LogP contribution in [-0.4, -0.2) is 42.9 Å². The summed E-state index contributed by atoms with van der Waals surface area (Å²) in [5.74, 6) is 0.273. The van der Waals surface area contributed by atoms with Crippen molar-refractivity contribution in [3.8, 4) is 0 Å². The summed E-state index contributed by atoms with van der Waals surface area (Å²) in [4.78, 5) is 26.8. The largest absolute Gasteiger partial charge is 0.354 e. The number of hydrogen-bond donors (Lipinski definition) is 2. The third-order valence-corrected chi connectivity index (χ3v) is 8.77. The number of rotatable bonds is 35. The average molecular weight is 632 g/mol. The van der Waals surface area contributed by atoms with Gasteiger partial charge in [-0.05, 0) is 64.2 Å². The quantitative estimate of drug-likeness (QED) is 0.0540. The molecule has 2 amide bonds. The molecule has 0 bridgehead atoms. The fourth-order valence-corrected chi connectivity index (χ4v) is 5.80. The molecule has 264 valence electrons. The monoisotopic (exact) mass is 632 g/mol. The first-order valence-electron chi connectivity index (χ1n) is 19.7. The second-order valence-corrected chi connectivity index (χ2v) is 13.2. The lowest BCUT2D eigenvalue weighted by molar-refractivity contribution is -0.131. The molecule has 0 aromatic carbocycles. The van der Waals surface area contributed by atoms with Crippen LogP contribution < -0.4 is 11.1 Å². The second-order valence-electron chi connectivity index (χ2n) is 13.2. The van der Waals surface area contributed by atoms with E-state index >= 15 is 0 Å². The van der Waals surface area contributed by atoms with Crippen LogP contribution in [0.4, 0.5) is 0 Å². The number of nitrogens with two attached hydrogens (primary N) is 1. The summed E-state index contributed by atoms with van der Waals surface area (Å²) >= 11 is 0. The first-order chi connectivity index (χ1) is 22.2. The minimum atomic E-state index is 0.102. The predicted molar refractivity (Wildman–Crippen MR) is 198 cm³/mol. The molecule has 0 unspecified atom stereocenters. The van der Waals surface area contributed by atoms with Crippen molar-refractivity contribution in [2.24, 2.45) is 5.73 Å². The van der Waals surface area contributed by atoms with Crippen LogP contribution in [0.15, 0.2) is 24.3 Å². The van der Waals surface area contributed by atoms with Crippen LogP contribution in [0.1, 0.15) is 194 Å². The van der Waals surface area contributed by atoms with Crippen LogP contribution >= 0.6 is 0 Å². The molecular formula is C40H77N3O2. The molecule has 0 aromatic rings. The molecule has 0 aromatic heterocycles.